The van der Waals surface area contributed by atoms with Gasteiger partial charge in [0.05, 0.1) is 6.42 Å². The molecule has 0 spiro atoms. The topological polar surface area (TPSA) is 81.7 Å². The molecule has 0 bridgehead atoms. The van der Waals surface area contributed by atoms with Gasteiger partial charge >= 0.3 is 5.97 Å². The molecular formula is C28H29NO5. The van der Waals surface area contributed by atoms with E-state index >= 15 is 0 Å². The zero-order valence-electron chi connectivity index (χ0n) is 19.9. The Balaban J connectivity index is 1.43. The fourth-order valence-corrected chi connectivity index (χ4v) is 3.34. The molecular weight excluding hydrogens is 430 g/mol. The molecule has 0 heterocycles. The molecule has 1 N–H and O–H groups in total. The van der Waals surface area contributed by atoms with Crippen molar-refractivity contribution >= 4 is 23.3 Å². The maximum Gasteiger partial charge on any atom is 0.306 e. The van der Waals surface area contributed by atoms with E-state index in [0.29, 0.717) is 17.0 Å². The number of para-hydroxylation sites is 1. The molecule has 3 rings (SSSR count). The zero-order chi connectivity index (χ0) is 24.7. The molecule has 0 aliphatic carbocycles. The monoisotopic (exact) mass is 459 g/mol. The van der Waals surface area contributed by atoms with Crippen LogP contribution in [0, 0.1) is 27.7 Å². The van der Waals surface area contributed by atoms with Crippen LogP contribution in [0.2, 0.25) is 0 Å². The van der Waals surface area contributed by atoms with Gasteiger partial charge in [0, 0.05) is 17.7 Å². The minimum Gasteiger partial charge on any atom is -0.457 e. The molecule has 0 atom stereocenters. The minimum atomic E-state index is -0.593. The lowest BCUT2D eigenvalue weighted by molar-refractivity contribution is -0.143. The average molecular weight is 460 g/mol. The molecule has 3 aromatic carbocycles. The van der Waals surface area contributed by atoms with Crippen molar-refractivity contribution in [2.24, 2.45) is 0 Å². The van der Waals surface area contributed by atoms with E-state index in [-0.39, 0.29) is 31.1 Å². The lowest BCUT2D eigenvalue weighted by atomic mass is 10.0. The van der Waals surface area contributed by atoms with E-state index in [9.17, 15) is 14.4 Å². The summed E-state index contributed by atoms with van der Waals surface area (Å²) in [6, 6.07) is 18.3. The van der Waals surface area contributed by atoms with Crippen LogP contribution < -0.4 is 10.1 Å². The molecule has 0 fully saturated rings. The predicted octanol–water partition coefficient (Wildman–Crippen LogP) is 5.86. The number of rotatable bonds is 9. The minimum absolute atomic E-state index is 0.0443. The first-order valence-electron chi connectivity index (χ1n) is 11.1. The Hall–Kier alpha value is -3.93. The van der Waals surface area contributed by atoms with E-state index in [1.807, 2.05) is 52.0 Å². The highest BCUT2D eigenvalue weighted by molar-refractivity contribution is 5.98. The van der Waals surface area contributed by atoms with Gasteiger partial charge in [0.2, 0.25) is 5.91 Å². The molecule has 0 unspecified atom stereocenters. The van der Waals surface area contributed by atoms with Crippen LogP contribution in [0.1, 0.15) is 45.5 Å². The Bertz CT molecular complexity index is 1180. The molecule has 0 saturated carbocycles. The molecule has 3 aromatic rings. The maximum absolute atomic E-state index is 12.2. The zero-order valence-corrected chi connectivity index (χ0v) is 19.9. The van der Waals surface area contributed by atoms with E-state index in [0.717, 1.165) is 28.0 Å². The van der Waals surface area contributed by atoms with Crippen LogP contribution in [0.25, 0.3) is 0 Å². The number of ether oxygens (including phenoxy) is 2. The Morgan fingerprint density at radius 2 is 1.44 bits per heavy atom. The summed E-state index contributed by atoms with van der Waals surface area (Å²) < 4.78 is 11.0. The van der Waals surface area contributed by atoms with E-state index in [2.05, 4.69) is 5.32 Å². The molecule has 6 nitrogen and oxygen atoms in total. The van der Waals surface area contributed by atoms with Crippen LogP contribution in [0.5, 0.6) is 11.5 Å². The lowest BCUT2D eigenvalue weighted by Crippen LogP contribution is -2.17. The van der Waals surface area contributed by atoms with Crippen molar-refractivity contribution in [1.29, 1.82) is 0 Å². The number of ketones is 1. The second kappa shape index (κ2) is 11.3. The van der Waals surface area contributed by atoms with Crippen molar-refractivity contribution in [3.8, 4) is 11.5 Å². The summed E-state index contributed by atoms with van der Waals surface area (Å²) in [4.78, 5) is 36.4. The SMILES string of the molecule is Cc1ccc(C(=O)COC(=O)CCC(=O)Nc2ccc(Oc3c(C)cccc3C)cc2)cc1C. The fraction of sp³-hybridized carbons (Fsp3) is 0.250. The Kier molecular flexibility index (Phi) is 8.19. The van der Waals surface area contributed by atoms with E-state index in [1.165, 1.54) is 0 Å². The molecule has 0 radical (unpaired) electrons. The summed E-state index contributed by atoms with van der Waals surface area (Å²) >= 11 is 0. The van der Waals surface area contributed by atoms with Crippen LogP contribution in [0.15, 0.2) is 60.7 Å². The van der Waals surface area contributed by atoms with Crippen molar-refractivity contribution in [2.75, 3.05) is 11.9 Å². The lowest BCUT2D eigenvalue weighted by Gasteiger charge is -2.12. The summed E-state index contributed by atoms with van der Waals surface area (Å²) in [7, 11) is 0. The van der Waals surface area contributed by atoms with Crippen molar-refractivity contribution in [1.82, 2.24) is 0 Å². The van der Waals surface area contributed by atoms with Crippen molar-refractivity contribution < 1.29 is 23.9 Å². The van der Waals surface area contributed by atoms with Gasteiger partial charge in [-0.15, -0.1) is 0 Å². The quantitative estimate of drug-likeness (QED) is 0.320. The van der Waals surface area contributed by atoms with Crippen LogP contribution in [-0.2, 0) is 14.3 Å². The van der Waals surface area contributed by atoms with Crippen molar-refractivity contribution in [2.45, 2.75) is 40.5 Å². The van der Waals surface area contributed by atoms with Crippen LogP contribution in [0.4, 0.5) is 5.69 Å². The van der Waals surface area contributed by atoms with Crippen LogP contribution in [0.3, 0.4) is 0 Å². The first-order valence-corrected chi connectivity index (χ1v) is 11.1. The maximum atomic E-state index is 12.2. The predicted molar refractivity (Wildman–Crippen MR) is 132 cm³/mol. The number of anilines is 1. The van der Waals surface area contributed by atoms with Gasteiger partial charge in [0.25, 0.3) is 0 Å². The fourth-order valence-electron chi connectivity index (χ4n) is 3.34. The Morgan fingerprint density at radius 3 is 2.09 bits per heavy atom. The van der Waals surface area contributed by atoms with Crippen LogP contribution in [-0.4, -0.2) is 24.3 Å². The molecule has 1 amide bonds. The van der Waals surface area contributed by atoms with E-state index in [4.69, 9.17) is 9.47 Å². The molecule has 0 aliphatic rings. The molecule has 176 valence electrons. The third-order valence-corrected chi connectivity index (χ3v) is 5.52. The Morgan fingerprint density at radius 1 is 0.765 bits per heavy atom. The first-order chi connectivity index (χ1) is 16.2. The molecule has 0 aromatic heterocycles. The number of amides is 1. The van der Waals surface area contributed by atoms with Gasteiger partial charge in [0.1, 0.15) is 11.5 Å². The largest absolute Gasteiger partial charge is 0.457 e. The normalized spacial score (nSPS) is 10.5. The molecule has 0 aliphatic heterocycles. The second-order valence-electron chi connectivity index (χ2n) is 8.28. The number of nitrogens with one attached hydrogen (secondary N) is 1. The number of benzene rings is 3. The summed E-state index contributed by atoms with van der Waals surface area (Å²) in [5.74, 6) is 0.288. The highest BCUT2D eigenvalue weighted by Crippen LogP contribution is 2.29. The summed E-state index contributed by atoms with van der Waals surface area (Å²) in [5.41, 5.74) is 5.26. The van der Waals surface area contributed by atoms with E-state index in [1.54, 1.807) is 36.4 Å². The second-order valence-corrected chi connectivity index (χ2v) is 8.28. The van der Waals surface area contributed by atoms with Gasteiger partial charge in [-0.3, -0.25) is 14.4 Å². The standard InChI is InChI=1S/C28H29NO5/c1-18-8-9-22(16-21(18)4)25(30)17-33-27(32)15-14-26(31)29-23-10-12-24(13-11-23)34-28-19(2)6-5-7-20(28)3/h5-13,16H,14-15,17H2,1-4H3,(H,29,31). The third kappa shape index (κ3) is 6.78. The van der Waals surface area contributed by atoms with Gasteiger partial charge in [-0.25, -0.2) is 0 Å². The molecule has 34 heavy (non-hydrogen) atoms. The van der Waals surface area contributed by atoms with Gasteiger partial charge in [-0.05, 0) is 80.3 Å². The number of carbonyl (C=O) groups is 3. The Labute approximate surface area is 199 Å². The highest BCUT2D eigenvalue weighted by Gasteiger charge is 2.13. The van der Waals surface area contributed by atoms with Crippen molar-refractivity contribution in [3.63, 3.8) is 0 Å². The molecule has 6 heteroatoms. The number of aryl methyl sites for hydroxylation is 4. The average Bonchev–Trinajstić information content (AvgIpc) is 2.81. The number of hydrogen-bond acceptors (Lipinski definition) is 5. The van der Waals surface area contributed by atoms with Gasteiger partial charge in [-0.2, -0.15) is 0 Å². The number of Topliss-reactive ketones (excluding diaryl/α,β-unsaturated/α-hetero) is 1. The first kappa shape index (κ1) is 24.7. The van der Waals surface area contributed by atoms with Gasteiger partial charge < -0.3 is 14.8 Å². The van der Waals surface area contributed by atoms with E-state index < -0.39 is 5.97 Å². The number of esters is 1. The number of hydrogen-bond donors (Lipinski definition) is 1. The number of carbonyl (C=O) groups excluding carboxylic acids is 3. The van der Waals surface area contributed by atoms with Gasteiger partial charge in [0.15, 0.2) is 12.4 Å². The highest BCUT2D eigenvalue weighted by atomic mass is 16.5. The summed E-state index contributed by atoms with van der Waals surface area (Å²) in [5, 5.41) is 2.74. The smallest absolute Gasteiger partial charge is 0.306 e. The van der Waals surface area contributed by atoms with Crippen LogP contribution >= 0.6 is 0 Å². The van der Waals surface area contributed by atoms with Crippen molar-refractivity contribution in [3.05, 3.63) is 88.5 Å². The third-order valence-electron chi connectivity index (χ3n) is 5.52. The summed E-state index contributed by atoms with van der Waals surface area (Å²) in [6.07, 6.45) is -0.156. The van der Waals surface area contributed by atoms with Gasteiger partial charge in [-0.1, -0.05) is 30.3 Å². The summed E-state index contributed by atoms with van der Waals surface area (Å²) in [6.45, 7) is 7.51. The molecule has 0 saturated heterocycles.